The molecule has 5 nitrogen and oxygen atoms in total. The highest BCUT2D eigenvalue weighted by atomic mass is 19.1. The minimum Gasteiger partial charge on any atom is -0.329 e. The van der Waals surface area contributed by atoms with Crippen LogP contribution in [0.25, 0.3) is 16.6 Å². The number of halogens is 1. The Morgan fingerprint density at radius 2 is 1.70 bits per heavy atom. The van der Waals surface area contributed by atoms with E-state index in [9.17, 15) is 14.0 Å². The molecule has 0 spiro atoms. The Morgan fingerprint density at radius 3 is 2.36 bits per heavy atom. The maximum absolute atomic E-state index is 13.6. The van der Waals surface area contributed by atoms with Crippen LogP contribution in [0.4, 0.5) is 4.39 Å². The number of benzene rings is 3. The van der Waals surface area contributed by atoms with Crippen molar-refractivity contribution in [3.63, 3.8) is 0 Å². The predicted octanol–water partition coefficient (Wildman–Crippen LogP) is 5.45. The van der Waals surface area contributed by atoms with Crippen LogP contribution in [0.2, 0.25) is 0 Å². The average molecular weight is 444 g/mol. The summed E-state index contributed by atoms with van der Waals surface area (Å²) in [5.74, 6) is -0.0889. The zero-order valence-electron chi connectivity index (χ0n) is 19.0. The zero-order valence-corrected chi connectivity index (χ0v) is 19.0. The van der Waals surface area contributed by atoms with Gasteiger partial charge in [0.05, 0.1) is 22.6 Å². The monoisotopic (exact) mass is 443 g/mol. The van der Waals surface area contributed by atoms with Crippen LogP contribution in [0.15, 0.2) is 77.6 Å². The second kappa shape index (κ2) is 9.36. The number of amides is 1. The van der Waals surface area contributed by atoms with E-state index in [0.29, 0.717) is 34.5 Å². The molecule has 4 aromatic rings. The first-order valence-electron chi connectivity index (χ1n) is 11.1. The Bertz CT molecular complexity index is 1340. The molecule has 1 unspecified atom stereocenters. The number of aryl methyl sites for hydroxylation is 1. The first-order chi connectivity index (χ1) is 15.9. The van der Waals surface area contributed by atoms with Gasteiger partial charge in [-0.2, -0.15) is 0 Å². The van der Waals surface area contributed by atoms with Gasteiger partial charge in [-0.15, -0.1) is 0 Å². The lowest BCUT2D eigenvalue weighted by molar-refractivity contribution is 0.0681. The molecule has 0 radical (unpaired) electrons. The predicted molar refractivity (Wildman–Crippen MR) is 128 cm³/mol. The van der Waals surface area contributed by atoms with E-state index in [-0.39, 0.29) is 11.5 Å². The molecule has 168 valence electrons. The Balaban J connectivity index is 1.89. The van der Waals surface area contributed by atoms with Crippen molar-refractivity contribution < 1.29 is 9.18 Å². The van der Waals surface area contributed by atoms with E-state index in [1.54, 1.807) is 35.2 Å². The molecule has 0 N–H and O–H groups in total. The fraction of sp³-hybridized carbons (Fsp3) is 0.222. The summed E-state index contributed by atoms with van der Waals surface area (Å²) in [5.41, 5.74) is 2.45. The number of carbonyl (C=O) groups is 1. The van der Waals surface area contributed by atoms with Gasteiger partial charge in [0.1, 0.15) is 11.6 Å². The average Bonchev–Trinajstić information content (AvgIpc) is 2.83. The van der Waals surface area contributed by atoms with E-state index in [4.69, 9.17) is 4.98 Å². The molecule has 1 aromatic heterocycles. The highest BCUT2D eigenvalue weighted by Gasteiger charge is 2.27. The van der Waals surface area contributed by atoms with Gasteiger partial charge in [0, 0.05) is 12.1 Å². The van der Waals surface area contributed by atoms with Crippen molar-refractivity contribution in [2.75, 3.05) is 6.54 Å². The van der Waals surface area contributed by atoms with Crippen LogP contribution in [-0.2, 0) is 0 Å². The number of fused-ring (bicyclic) bond motifs is 1. The molecule has 33 heavy (non-hydrogen) atoms. The normalized spacial score (nSPS) is 12.0. The van der Waals surface area contributed by atoms with Crippen LogP contribution < -0.4 is 5.56 Å². The van der Waals surface area contributed by atoms with Gasteiger partial charge in [0.15, 0.2) is 0 Å². The van der Waals surface area contributed by atoms with Gasteiger partial charge in [0.25, 0.3) is 11.5 Å². The van der Waals surface area contributed by atoms with Gasteiger partial charge in [-0.25, -0.2) is 9.37 Å². The van der Waals surface area contributed by atoms with Crippen molar-refractivity contribution in [1.82, 2.24) is 14.5 Å². The third-order valence-corrected chi connectivity index (χ3v) is 5.75. The molecule has 6 heteroatoms. The zero-order chi connectivity index (χ0) is 23.5. The minimum absolute atomic E-state index is 0.127. The van der Waals surface area contributed by atoms with Crippen molar-refractivity contribution in [3.8, 4) is 5.69 Å². The summed E-state index contributed by atoms with van der Waals surface area (Å²) in [4.78, 5) is 33.5. The minimum atomic E-state index is -0.499. The third kappa shape index (κ3) is 4.42. The highest BCUT2D eigenvalue weighted by molar-refractivity contribution is 5.94. The summed E-state index contributed by atoms with van der Waals surface area (Å²) in [6.45, 7) is 6.35. The van der Waals surface area contributed by atoms with Crippen molar-refractivity contribution in [3.05, 3.63) is 106 Å². The Morgan fingerprint density at radius 1 is 1.03 bits per heavy atom. The van der Waals surface area contributed by atoms with Crippen LogP contribution in [-0.4, -0.2) is 26.9 Å². The summed E-state index contributed by atoms with van der Waals surface area (Å²) in [6.07, 6.45) is 0.746. The summed E-state index contributed by atoms with van der Waals surface area (Å²) >= 11 is 0. The smallest absolute Gasteiger partial charge is 0.266 e. The summed E-state index contributed by atoms with van der Waals surface area (Å²) in [6, 6.07) is 19.8. The Kier molecular flexibility index (Phi) is 6.36. The lowest BCUT2D eigenvalue weighted by Crippen LogP contribution is -2.38. The SMILES string of the molecule is CCCN(C(=O)c1ccc(C)cc1)C(C)c1nc2ccccc2c(=O)n1-c1ccc(F)cc1. The molecule has 0 aliphatic rings. The molecule has 0 bridgehead atoms. The first-order valence-corrected chi connectivity index (χ1v) is 11.1. The quantitative estimate of drug-likeness (QED) is 0.398. The fourth-order valence-electron chi connectivity index (χ4n) is 3.98. The molecule has 0 aliphatic heterocycles. The second-order valence-electron chi connectivity index (χ2n) is 8.14. The summed E-state index contributed by atoms with van der Waals surface area (Å²) < 4.78 is 15.1. The van der Waals surface area contributed by atoms with Crippen molar-refractivity contribution in [1.29, 1.82) is 0 Å². The van der Waals surface area contributed by atoms with E-state index in [1.807, 2.05) is 51.1 Å². The van der Waals surface area contributed by atoms with Crippen LogP contribution >= 0.6 is 0 Å². The molecule has 0 saturated heterocycles. The number of nitrogens with zero attached hydrogens (tertiary/aromatic N) is 3. The van der Waals surface area contributed by atoms with Crippen molar-refractivity contribution >= 4 is 16.8 Å². The third-order valence-electron chi connectivity index (χ3n) is 5.75. The molecule has 4 rings (SSSR count). The van der Waals surface area contributed by atoms with Gasteiger partial charge >= 0.3 is 0 Å². The number of carbonyl (C=O) groups excluding carboxylic acids is 1. The number of aromatic nitrogens is 2. The van der Waals surface area contributed by atoms with Gasteiger partial charge in [0.2, 0.25) is 0 Å². The van der Waals surface area contributed by atoms with E-state index in [1.165, 1.54) is 16.7 Å². The largest absolute Gasteiger partial charge is 0.329 e. The Hall–Kier alpha value is -3.80. The van der Waals surface area contributed by atoms with E-state index in [2.05, 4.69) is 0 Å². The van der Waals surface area contributed by atoms with Gasteiger partial charge in [-0.05, 0) is 68.8 Å². The molecular weight excluding hydrogens is 417 g/mol. The molecule has 0 aliphatic carbocycles. The topological polar surface area (TPSA) is 55.2 Å². The summed E-state index contributed by atoms with van der Waals surface area (Å²) in [5, 5.41) is 0.463. The maximum Gasteiger partial charge on any atom is 0.266 e. The number of hydrogen-bond donors (Lipinski definition) is 0. The standard InChI is InChI=1S/C27H26FN3O2/c1-4-17-30(26(32)20-11-9-18(2)10-12-20)19(3)25-29-24-8-6-5-7-23(24)27(33)31(25)22-15-13-21(28)14-16-22/h5-16,19H,4,17H2,1-3H3. The van der Waals surface area contributed by atoms with Crippen LogP contribution in [0.3, 0.4) is 0 Å². The van der Waals surface area contributed by atoms with E-state index in [0.717, 1.165) is 12.0 Å². The van der Waals surface area contributed by atoms with E-state index < -0.39 is 11.9 Å². The number of para-hydroxylation sites is 1. The number of rotatable bonds is 6. The van der Waals surface area contributed by atoms with Crippen molar-refractivity contribution in [2.24, 2.45) is 0 Å². The van der Waals surface area contributed by atoms with Crippen LogP contribution in [0.1, 0.15) is 48.1 Å². The van der Waals surface area contributed by atoms with Crippen LogP contribution in [0.5, 0.6) is 0 Å². The number of hydrogen-bond acceptors (Lipinski definition) is 3. The molecular formula is C27H26FN3O2. The van der Waals surface area contributed by atoms with Gasteiger partial charge in [-0.3, -0.25) is 14.2 Å². The molecule has 3 aromatic carbocycles. The first kappa shape index (κ1) is 22.4. The molecule has 1 atom stereocenters. The molecule has 0 saturated carbocycles. The van der Waals surface area contributed by atoms with E-state index >= 15 is 0 Å². The Labute approximate surface area is 192 Å². The summed E-state index contributed by atoms with van der Waals surface area (Å²) in [7, 11) is 0. The molecule has 0 fully saturated rings. The molecule has 1 amide bonds. The highest BCUT2D eigenvalue weighted by Crippen LogP contribution is 2.25. The lowest BCUT2D eigenvalue weighted by atomic mass is 10.1. The second-order valence-corrected chi connectivity index (χ2v) is 8.14. The fourth-order valence-corrected chi connectivity index (χ4v) is 3.98. The lowest BCUT2D eigenvalue weighted by Gasteiger charge is -2.30. The van der Waals surface area contributed by atoms with Crippen LogP contribution in [0, 0.1) is 12.7 Å². The molecule has 1 heterocycles. The maximum atomic E-state index is 13.6. The van der Waals surface area contributed by atoms with Gasteiger partial charge in [-0.1, -0.05) is 36.8 Å². The van der Waals surface area contributed by atoms with Crippen molar-refractivity contribution in [2.45, 2.75) is 33.2 Å². The van der Waals surface area contributed by atoms with Gasteiger partial charge < -0.3 is 4.90 Å².